The molecule has 3 heterocycles. The van der Waals surface area contributed by atoms with Gasteiger partial charge in [-0.05, 0) is 53.6 Å². The van der Waals surface area contributed by atoms with Crippen LogP contribution in [0.2, 0.25) is 0 Å². The second-order valence-corrected chi connectivity index (χ2v) is 14.3. The average molecular weight is 684 g/mol. The van der Waals surface area contributed by atoms with Gasteiger partial charge in [-0.2, -0.15) is 0 Å². The van der Waals surface area contributed by atoms with E-state index in [-0.39, 0.29) is 0 Å². The summed E-state index contributed by atoms with van der Waals surface area (Å²) in [6.07, 6.45) is 0. The zero-order chi connectivity index (χ0) is 34.2. The van der Waals surface area contributed by atoms with Crippen LogP contribution in [0.5, 0.6) is 0 Å². The first kappa shape index (κ1) is 29.1. The van der Waals surface area contributed by atoms with Gasteiger partial charge < -0.3 is 13.7 Å². The van der Waals surface area contributed by atoms with Crippen LogP contribution in [0.4, 0.5) is 17.1 Å². The van der Waals surface area contributed by atoms with Gasteiger partial charge >= 0.3 is 0 Å². The highest BCUT2D eigenvalue weighted by Crippen LogP contribution is 2.47. The van der Waals surface area contributed by atoms with E-state index in [2.05, 4.69) is 163 Å². The molecule has 0 amide bonds. The Morgan fingerprint density at radius 1 is 0.385 bits per heavy atom. The van der Waals surface area contributed by atoms with Gasteiger partial charge in [0.1, 0.15) is 22.3 Å². The molecule has 0 aliphatic rings. The van der Waals surface area contributed by atoms with E-state index in [0.29, 0.717) is 0 Å². The molecule has 0 bridgehead atoms. The lowest BCUT2D eigenvalue weighted by Crippen LogP contribution is -2.10. The van der Waals surface area contributed by atoms with E-state index < -0.39 is 0 Å². The Kier molecular flexibility index (Phi) is 6.42. The molecule has 0 atom stereocenters. The Balaban J connectivity index is 1.10. The Morgan fingerprint density at radius 3 is 1.75 bits per heavy atom. The number of fused-ring (bicyclic) bond motifs is 9. The Hall–Kier alpha value is -6.62. The quantitative estimate of drug-likeness (QED) is 0.181. The molecule has 0 spiro atoms. The Morgan fingerprint density at radius 2 is 0.962 bits per heavy atom. The van der Waals surface area contributed by atoms with Crippen LogP contribution in [0.3, 0.4) is 0 Å². The zero-order valence-corrected chi connectivity index (χ0v) is 28.7. The molecular weight excluding hydrogens is 655 g/mol. The minimum absolute atomic E-state index is 0.859. The van der Waals surface area contributed by atoms with Gasteiger partial charge in [-0.25, -0.2) is 0 Å². The standard InChI is InChI=1S/C48H29NO2S/c1-2-11-30(12-3-1)34-15-8-18-40-37-28-27-33(29-44(37)51-47(34)40)49(42-20-10-19-41-38-14-5-7-22-45(38)52-48(41)42)32-25-23-31(24-26-32)35-16-9-17-39-36-13-4-6-21-43(36)50-46(35)39/h1-29H. The van der Waals surface area contributed by atoms with Gasteiger partial charge in [0.2, 0.25) is 0 Å². The highest BCUT2D eigenvalue weighted by molar-refractivity contribution is 7.26. The normalized spacial score (nSPS) is 11.8. The van der Waals surface area contributed by atoms with Gasteiger partial charge in [0.05, 0.1) is 10.4 Å². The van der Waals surface area contributed by atoms with Crippen LogP contribution in [-0.4, -0.2) is 0 Å². The van der Waals surface area contributed by atoms with Crippen molar-refractivity contribution in [1.82, 2.24) is 0 Å². The first-order chi connectivity index (χ1) is 25.8. The van der Waals surface area contributed by atoms with Crippen molar-refractivity contribution in [1.29, 1.82) is 0 Å². The summed E-state index contributed by atoms with van der Waals surface area (Å²) >= 11 is 1.84. The lowest BCUT2D eigenvalue weighted by Gasteiger charge is -2.26. The molecule has 0 saturated heterocycles. The fourth-order valence-electron chi connectivity index (χ4n) is 7.87. The minimum atomic E-state index is 0.859. The summed E-state index contributed by atoms with van der Waals surface area (Å²) < 4.78 is 15.7. The number of thiophene rings is 1. The summed E-state index contributed by atoms with van der Waals surface area (Å²) in [7, 11) is 0. The van der Waals surface area contributed by atoms with Crippen molar-refractivity contribution < 1.29 is 8.83 Å². The molecule has 0 N–H and O–H groups in total. The van der Waals surface area contributed by atoms with Gasteiger partial charge in [-0.1, -0.05) is 127 Å². The number of furan rings is 2. The summed E-state index contributed by atoms with van der Waals surface area (Å²) in [5.41, 5.74) is 11.2. The van der Waals surface area contributed by atoms with Crippen LogP contribution in [0.1, 0.15) is 0 Å². The predicted octanol–water partition coefficient (Wildman–Crippen LogP) is 14.7. The summed E-state index contributed by atoms with van der Waals surface area (Å²) in [5, 5.41) is 7.02. The van der Waals surface area contributed by atoms with Crippen LogP contribution < -0.4 is 4.90 Å². The van der Waals surface area contributed by atoms with Crippen molar-refractivity contribution >= 4 is 92.4 Å². The first-order valence-corrected chi connectivity index (χ1v) is 18.3. The Bertz CT molecular complexity index is 3130. The molecule has 11 rings (SSSR count). The zero-order valence-electron chi connectivity index (χ0n) is 27.9. The van der Waals surface area contributed by atoms with Crippen molar-refractivity contribution in [2.24, 2.45) is 0 Å². The number of para-hydroxylation sites is 3. The molecule has 0 aliphatic heterocycles. The molecule has 0 fully saturated rings. The maximum atomic E-state index is 6.74. The number of benzene rings is 8. The predicted molar refractivity (Wildman–Crippen MR) is 219 cm³/mol. The highest BCUT2D eigenvalue weighted by atomic mass is 32.1. The molecule has 8 aromatic carbocycles. The van der Waals surface area contributed by atoms with Crippen LogP contribution >= 0.6 is 11.3 Å². The van der Waals surface area contributed by atoms with Gasteiger partial charge in [0, 0.05) is 65.6 Å². The largest absolute Gasteiger partial charge is 0.455 e. The van der Waals surface area contributed by atoms with Gasteiger partial charge in [-0.15, -0.1) is 11.3 Å². The summed E-state index contributed by atoms with van der Waals surface area (Å²) in [6.45, 7) is 0. The molecule has 0 unspecified atom stereocenters. The fraction of sp³-hybridized carbons (Fsp3) is 0. The van der Waals surface area contributed by atoms with Crippen molar-refractivity contribution in [3.63, 3.8) is 0 Å². The molecule has 3 nitrogen and oxygen atoms in total. The van der Waals surface area contributed by atoms with E-state index in [1.165, 1.54) is 20.2 Å². The maximum Gasteiger partial charge on any atom is 0.143 e. The third-order valence-corrected chi connectivity index (χ3v) is 11.5. The van der Waals surface area contributed by atoms with E-state index in [1.807, 2.05) is 29.5 Å². The fourth-order valence-corrected chi connectivity index (χ4v) is 9.08. The van der Waals surface area contributed by atoms with E-state index >= 15 is 0 Å². The number of nitrogens with zero attached hydrogens (tertiary/aromatic N) is 1. The van der Waals surface area contributed by atoms with Crippen molar-refractivity contribution in [2.45, 2.75) is 0 Å². The smallest absolute Gasteiger partial charge is 0.143 e. The molecule has 0 aliphatic carbocycles. The minimum Gasteiger partial charge on any atom is -0.455 e. The topological polar surface area (TPSA) is 29.5 Å². The van der Waals surface area contributed by atoms with E-state index in [1.54, 1.807) is 0 Å². The van der Waals surface area contributed by atoms with Crippen LogP contribution in [0, 0.1) is 0 Å². The molecule has 4 heteroatoms. The second-order valence-electron chi connectivity index (χ2n) is 13.2. The number of hydrogen-bond acceptors (Lipinski definition) is 4. The highest BCUT2D eigenvalue weighted by Gasteiger charge is 2.21. The van der Waals surface area contributed by atoms with Crippen LogP contribution in [0.15, 0.2) is 185 Å². The first-order valence-electron chi connectivity index (χ1n) is 17.5. The SMILES string of the molecule is c1ccc(-c2cccc3c2oc2cc(N(c4ccc(-c5cccc6c5oc5ccccc56)cc4)c4cccc5c4sc4ccccc45)ccc23)cc1. The number of rotatable bonds is 5. The lowest BCUT2D eigenvalue weighted by molar-refractivity contribution is 0.669. The number of hydrogen-bond donors (Lipinski definition) is 0. The van der Waals surface area contributed by atoms with Gasteiger partial charge in [-0.3, -0.25) is 0 Å². The lowest BCUT2D eigenvalue weighted by atomic mass is 10.0. The van der Waals surface area contributed by atoms with Crippen molar-refractivity contribution in [2.75, 3.05) is 4.90 Å². The molecule has 11 aromatic rings. The molecule has 52 heavy (non-hydrogen) atoms. The van der Waals surface area contributed by atoms with Crippen molar-refractivity contribution in [3.8, 4) is 22.3 Å². The van der Waals surface area contributed by atoms with Gasteiger partial charge in [0.25, 0.3) is 0 Å². The van der Waals surface area contributed by atoms with E-state index in [0.717, 1.165) is 83.2 Å². The molecular formula is C48H29NO2S. The number of anilines is 3. The average Bonchev–Trinajstić information content (AvgIpc) is 3.90. The third kappa shape index (κ3) is 4.45. The van der Waals surface area contributed by atoms with E-state index in [4.69, 9.17) is 8.83 Å². The monoisotopic (exact) mass is 683 g/mol. The molecule has 3 aromatic heterocycles. The summed E-state index contributed by atoms with van der Waals surface area (Å²) in [4.78, 5) is 2.37. The summed E-state index contributed by atoms with van der Waals surface area (Å²) in [5.74, 6) is 0. The summed E-state index contributed by atoms with van der Waals surface area (Å²) in [6, 6.07) is 62.4. The van der Waals surface area contributed by atoms with Gasteiger partial charge in [0.15, 0.2) is 0 Å². The van der Waals surface area contributed by atoms with Crippen molar-refractivity contribution in [3.05, 3.63) is 176 Å². The van der Waals surface area contributed by atoms with Crippen LogP contribution in [0.25, 0.3) is 86.3 Å². The molecule has 0 radical (unpaired) electrons. The maximum absolute atomic E-state index is 6.74. The van der Waals surface area contributed by atoms with Crippen LogP contribution in [-0.2, 0) is 0 Å². The second kappa shape index (κ2) is 11.5. The molecule has 0 saturated carbocycles. The molecule has 244 valence electrons. The van der Waals surface area contributed by atoms with E-state index in [9.17, 15) is 0 Å². The third-order valence-electron chi connectivity index (χ3n) is 10.3. The Labute approximate surface area is 303 Å².